The molecule has 2 N–H and O–H groups in total. The second-order valence-electron chi connectivity index (χ2n) is 12.5. The Labute approximate surface area is 321 Å². The number of H-pyrrole nitrogens is 1. The predicted octanol–water partition coefficient (Wildman–Crippen LogP) is 5.25. The molecular formula is C36H47N7O10P2. The van der Waals surface area contributed by atoms with Crippen molar-refractivity contribution < 1.29 is 32.4 Å². The van der Waals surface area contributed by atoms with E-state index in [0.717, 1.165) is 12.8 Å². The zero-order valence-corrected chi connectivity index (χ0v) is 33.2. The lowest BCUT2D eigenvalue weighted by molar-refractivity contribution is -0.0344. The number of benzene rings is 1. The largest absolute Gasteiger partial charge is 0.352 e. The van der Waals surface area contributed by atoms with Crippen molar-refractivity contribution in [2.45, 2.75) is 96.2 Å². The van der Waals surface area contributed by atoms with Crippen LogP contribution >= 0.6 is 16.8 Å². The SMILES string of the molecule is CC[C@@H]1CC(OP(C)OCCC#N)[C@H](n2cc(C)c(=O)[nH]c2=O)O1.CC[C@@H]1CC(OP(C)OCCC#N)[C@H](n2ccc(NC(=O)c3ccccc3)nc2=O)O1. The Morgan fingerprint density at radius 2 is 1.45 bits per heavy atom. The number of nitrogens with one attached hydrogen (secondary N) is 2. The lowest BCUT2D eigenvalue weighted by Gasteiger charge is -2.23. The molecule has 5 rings (SSSR count). The second-order valence-corrected chi connectivity index (χ2v) is 15.2. The number of aryl methyl sites for hydroxylation is 1. The fourth-order valence-corrected chi connectivity index (χ4v) is 7.71. The standard InChI is InChI=1S/C21H25N4O5P.C15H22N3O5P/c1-3-16-14-17(30-31(2)28-13-7-11-22)20(29-16)25-12-10-18(24-21(25)27)23-19(26)15-8-5-4-6-9-15;1-4-11-8-12(23-24(3)21-7-5-6-16)14(22-11)18-9-10(2)13(19)17-15(18)20/h4-6,8-10,12,16-17,20H,3,7,13-14H2,1-2H3,(H,23,24,26,27);9,11-12,14H,4-5,7-8H2,1-3H3,(H,17,19,20)/t16-,17?,20-,31?;11-,12?,14-,24?/m11/s1. The lowest BCUT2D eigenvalue weighted by Crippen LogP contribution is -2.36. The van der Waals surface area contributed by atoms with E-state index in [1.54, 1.807) is 43.5 Å². The monoisotopic (exact) mass is 799 g/mol. The van der Waals surface area contributed by atoms with Crippen molar-refractivity contribution in [1.82, 2.24) is 19.1 Å². The topological polar surface area (TPSA) is 222 Å². The van der Waals surface area contributed by atoms with E-state index < -0.39 is 46.1 Å². The zero-order valence-electron chi connectivity index (χ0n) is 31.5. The number of rotatable bonds is 16. The van der Waals surface area contributed by atoms with Gasteiger partial charge in [-0.3, -0.25) is 23.7 Å². The molecule has 2 saturated heterocycles. The molecule has 55 heavy (non-hydrogen) atoms. The summed E-state index contributed by atoms with van der Waals surface area (Å²) in [4.78, 5) is 54.9. The molecule has 19 heteroatoms. The smallest absolute Gasteiger partial charge is 0.351 e. The summed E-state index contributed by atoms with van der Waals surface area (Å²) in [7, 11) is -2.41. The first-order chi connectivity index (χ1) is 26.5. The molecule has 1 aromatic carbocycles. The molecule has 0 spiro atoms. The highest BCUT2D eigenvalue weighted by Gasteiger charge is 2.40. The van der Waals surface area contributed by atoms with Gasteiger partial charge in [0.2, 0.25) is 0 Å². The molecule has 0 bridgehead atoms. The molecule has 2 aliphatic rings. The molecule has 296 valence electrons. The van der Waals surface area contributed by atoms with E-state index in [0.29, 0.717) is 43.6 Å². The van der Waals surface area contributed by atoms with Gasteiger partial charge < -0.3 is 32.9 Å². The molecule has 0 radical (unpaired) electrons. The van der Waals surface area contributed by atoms with E-state index >= 15 is 0 Å². The summed E-state index contributed by atoms with van der Waals surface area (Å²) in [6.07, 6.45) is 4.40. The second kappa shape index (κ2) is 21.8. The average molecular weight is 800 g/mol. The Bertz CT molecular complexity index is 1970. The molecule has 4 unspecified atom stereocenters. The van der Waals surface area contributed by atoms with Crippen LogP contribution in [0.2, 0.25) is 0 Å². The molecule has 3 aromatic rings. The molecule has 17 nitrogen and oxygen atoms in total. The van der Waals surface area contributed by atoms with Gasteiger partial charge >= 0.3 is 11.4 Å². The molecule has 0 saturated carbocycles. The zero-order chi connectivity index (χ0) is 39.9. The van der Waals surface area contributed by atoms with E-state index in [1.807, 2.05) is 45.4 Å². The minimum atomic E-state index is -1.22. The Hall–Kier alpha value is -4.15. The van der Waals surface area contributed by atoms with Crippen molar-refractivity contribution in [3.8, 4) is 12.1 Å². The van der Waals surface area contributed by atoms with Gasteiger partial charge in [-0.1, -0.05) is 32.0 Å². The fourth-order valence-electron chi connectivity index (χ4n) is 5.75. The summed E-state index contributed by atoms with van der Waals surface area (Å²) in [5.74, 6) is -0.184. The number of amides is 1. The average Bonchev–Trinajstić information content (AvgIpc) is 3.77. The number of aromatic nitrogens is 4. The van der Waals surface area contributed by atoms with E-state index in [2.05, 4.69) is 15.3 Å². The summed E-state index contributed by atoms with van der Waals surface area (Å²) in [5, 5.41) is 19.8. The number of ether oxygens (including phenoxy) is 2. The van der Waals surface area contributed by atoms with Gasteiger partial charge in [0.25, 0.3) is 11.5 Å². The quantitative estimate of drug-likeness (QED) is 0.140. The maximum Gasteiger partial charge on any atom is 0.351 e. The van der Waals surface area contributed by atoms with Crippen molar-refractivity contribution in [1.29, 1.82) is 10.5 Å². The van der Waals surface area contributed by atoms with Crippen LogP contribution in [0.3, 0.4) is 0 Å². The minimum Gasteiger partial charge on any atom is -0.352 e. The Kier molecular flexibility index (Phi) is 17.3. The normalized spacial score (nSPS) is 22.8. The number of hydrogen-bond acceptors (Lipinski definition) is 13. The van der Waals surface area contributed by atoms with Crippen LogP contribution in [0.25, 0.3) is 0 Å². The van der Waals surface area contributed by atoms with Crippen LogP contribution < -0.4 is 22.3 Å². The van der Waals surface area contributed by atoms with Gasteiger partial charge in [-0.2, -0.15) is 15.5 Å². The first-order valence-corrected chi connectivity index (χ1v) is 21.1. The minimum absolute atomic E-state index is 0.0263. The molecule has 0 aliphatic carbocycles. The third kappa shape index (κ3) is 12.7. The highest BCUT2D eigenvalue weighted by Crippen LogP contribution is 2.44. The van der Waals surface area contributed by atoms with E-state index in [9.17, 15) is 19.2 Å². The van der Waals surface area contributed by atoms with E-state index in [4.69, 9.17) is 38.1 Å². The number of carbonyl (C=O) groups is 1. The van der Waals surface area contributed by atoms with Crippen LogP contribution in [-0.4, -0.2) is 76.0 Å². The number of anilines is 1. The maximum absolute atomic E-state index is 12.7. The maximum atomic E-state index is 12.7. The van der Waals surface area contributed by atoms with Crippen LogP contribution in [0, 0.1) is 29.6 Å². The summed E-state index contributed by atoms with van der Waals surface area (Å²) >= 11 is 0. The molecule has 2 aliphatic heterocycles. The number of carbonyl (C=O) groups excluding carboxylic acids is 1. The van der Waals surface area contributed by atoms with Gasteiger partial charge in [0.15, 0.2) is 29.2 Å². The third-order valence-corrected chi connectivity index (χ3v) is 10.8. The molecule has 4 heterocycles. The van der Waals surface area contributed by atoms with Gasteiger partial charge in [0.1, 0.15) is 18.0 Å². The van der Waals surface area contributed by atoms with Crippen LogP contribution in [0.1, 0.15) is 80.7 Å². The highest BCUT2D eigenvalue weighted by molar-refractivity contribution is 7.46. The molecule has 8 atom stereocenters. The Balaban J connectivity index is 0.000000253. The molecule has 2 fully saturated rings. The predicted molar refractivity (Wildman–Crippen MR) is 204 cm³/mol. The van der Waals surface area contributed by atoms with Gasteiger partial charge in [-0.25, -0.2) is 9.59 Å². The molecule has 1 amide bonds. The van der Waals surface area contributed by atoms with Crippen LogP contribution in [0.4, 0.5) is 5.82 Å². The van der Waals surface area contributed by atoms with Gasteiger partial charge in [0.05, 0.1) is 50.4 Å². The first kappa shape index (κ1) is 43.6. The number of nitrogens with zero attached hydrogens (tertiary/aromatic N) is 5. The third-order valence-electron chi connectivity index (χ3n) is 8.54. The highest BCUT2D eigenvalue weighted by atomic mass is 31.2. The Morgan fingerprint density at radius 3 is 1.96 bits per heavy atom. The van der Waals surface area contributed by atoms with Crippen molar-refractivity contribution in [2.24, 2.45) is 0 Å². The number of aromatic amines is 1. The Morgan fingerprint density at radius 1 is 0.909 bits per heavy atom. The summed E-state index contributed by atoms with van der Waals surface area (Å²) in [5.41, 5.74) is -0.573. The fraction of sp³-hybridized carbons (Fsp3) is 0.528. The van der Waals surface area contributed by atoms with Crippen molar-refractivity contribution >= 4 is 28.5 Å². The van der Waals surface area contributed by atoms with Gasteiger partial charge in [0, 0.05) is 49.7 Å². The number of nitriles is 2. The van der Waals surface area contributed by atoms with Crippen molar-refractivity contribution in [3.63, 3.8) is 0 Å². The van der Waals surface area contributed by atoms with Crippen LogP contribution in [0.5, 0.6) is 0 Å². The van der Waals surface area contributed by atoms with Crippen molar-refractivity contribution in [3.05, 3.63) is 91.2 Å². The summed E-state index contributed by atoms with van der Waals surface area (Å²) in [6.45, 7) is 9.87. The molecule has 2 aromatic heterocycles. The molecular weight excluding hydrogens is 752 g/mol. The summed E-state index contributed by atoms with van der Waals surface area (Å²) < 4.78 is 37.7. The van der Waals surface area contributed by atoms with Crippen LogP contribution in [-0.2, 0) is 27.6 Å². The lowest BCUT2D eigenvalue weighted by atomic mass is 10.1. The van der Waals surface area contributed by atoms with Gasteiger partial charge in [-0.15, -0.1) is 0 Å². The van der Waals surface area contributed by atoms with Gasteiger partial charge in [-0.05, 0) is 38.0 Å². The van der Waals surface area contributed by atoms with E-state index in [1.165, 1.54) is 15.3 Å². The number of hydrogen-bond donors (Lipinski definition) is 2. The first-order valence-electron chi connectivity index (χ1n) is 17.9. The van der Waals surface area contributed by atoms with Crippen LogP contribution in [0.15, 0.2) is 63.2 Å². The van der Waals surface area contributed by atoms with Crippen molar-refractivity contribution in [2.75, 3.05) is 31.9 Å². The van der Waals surface area contributed by atoms with E-state index in [-0.39, 0.29) is 42.6 Å². The summed E-state index contributed by atoms with van der Waals surface area (Å²) in [6, 6.07) is 14.3.